The standard InChI is InChI=1S/C22H46O4/c1-16(2)25-18(4)14-20(6,7)22(10,11)24-13-12-17(3)26-19(5)15-21(8,9)23/h16-19,23H,12-15H2,1-11H3. The first-order valence-corrected chi connectivity index (χ1v) is 10.2. The average molecular weight is 375 g/mol. The van der Waals surface area contributed by atoms with Crippen molar-refractivity contribution in [3.8, 4) is 0 Å². The number of ether oxygens (including phenoxy) is 3. The highest BCUT2D eigenvalue weighted by molar-refractivity contribution is 4.89. The van der Waals surface area contributed by atoms with Crippen LogP contribution in [0.25, 0.3) is 0 Å². The van der Waals surface area contributed by atoms with Crippen molar-refractivity contribution in [2.24, 2.45) is 5.41 Å². The molecule has 0 saturated heterocycles. The molecule has 0 radical (unpaired) electrons. The predicted molar refractivity (Wildman–Crippen MR) is 110 cm³/mol. The van der Waals surface area contributed by atoms with Gasteiger partial charge in [-0.25, -0.2) is 0 Å². The largest absolute Gasteiger partial charge is 0.390 e. The molecule has 0 amide bonds. The smallest absolute Gasteiger partial charge is 0.0678 e. The first kappa shape index (κ1) is 25.8. The summed E-state index contributed by atoms with van der Waals surface area (Å²) < 4.78 is 18.2. The minimum Gasteiger partial charge on any atom is -0.390 e. The maximum Gasteiger partial charge on any atom is 0.0678 e. The van der Waals surface area contributed by atoms with Crippen LogP contribution >= 0.6 is 0 Å². The summed E-state index contributed by atoms with van der Waals surface area (Å²) in [7, 11) is 0. The minimum absolute atomic E-state index is 0.000391. The Kier molecular flexibility index (Phi) is 10.3. The zero-order chi connectivity index (χ0) is 20.8. The van der Waals surface area contributed by atoms with Gasteiger partial charge in [-0.3, -0.25) is 0 Å². The molecule has 1 N–H and O–H groups in total. The van der Waals surface area contributed by atoms with Crippen LogP contribution in [0.3, 0.4) is 0 Å². The van der Waals surface area contributed by atoms with Crippen molar-refractivity contribution in [3.05, 3.63) is 0 Å². The Morgan fingerprint density at radius 3 is 1.69 bits per heavy atom. The molecule has 0 aromatic carbocycles. The molecule has 26 heavy (non-hydrogen) atoms. The fourth-order valence-electron chi connectivity index (χ4n) is 3.37. The molecule has 0 saturated carbocycles. The van der Waals surface area contributed by atoms with Crippen molar-refractivity contribution in [3.63, 3.8) is 0 Å². The molecule has 0 aliphatic heterocycles. The second-order valence-corrected chi connectivity index (χ2v) is 10.0. The van der Waals surface area contributed by atoms with Crippen LogP contribution in [-0.2, 0) is 14.2 Å². The van der Waals surface area contributed by atoms with E-state index >= 15 is 0 Å². The fourth-order valence-corrected chi connectivity index (χ4v) is 3.37. The van der Waals surface area contributed by atoms with E-state index < -0.39 is 5.60 Å². The maximum absolute atomic E-state index is 9.88. The molecule has 0 fully saturated rings. The van der Waals surface area contributed by atoms with Crippen LogP contribution < -0.4 is 0 Å². The molecule has 0 spiro atoms. The van der Waals surface area contributed by atoms with Crippen LogP contribution in [0.15, 0.2) is 0 Å². The van der Waals surface area contributed by atoms with Gasteiger partial charge in [0.1, 0.15) is 0 Å². The third kappa shape index (κ3) is 10.9. The van der Waals surface area contributed by atoms with Gasteiger partial charge in [0, 0.05) is 13.0 Å². The van der Waals surface area contributed by atoms with E-state index in [1.165, 1.54) is 0 Å². The summed E-state index contributed by atoms with van der Waals surface area (Å²) in [6, 6.07) is 0. The van der Waals surface area contributed by atoms with Gasteiger partial charge in [0.25, 0.3) is 0 Å². The molecular weight excluding hydrogens is 328 g/mol. The zero-order valence-electron chi connectivity index (χ0n) is 19.3. The van der Waals surface area contributed by atoms with Gasteiger partial charge in [-0.15, -0.1) is 0 Å². The van der Waals surface area contributed by atoms with Crippen molar-refractivity contribution in [1.29, 1.82) is 0 Å². The first-order valence-electron chi connectivity index (χ1n) is 10.2. The van der Waals surface area contributed by atoms with Gasteiger partial charge in [-0.2, -0.15) is 0 Å². The summed E-state index contributed by atoms with van der Waals surface area (Å²) in [6.07, 6.45) is 3.01. The van der Waals surface area contributed by atoms with Crippen LogP contribution in [0.5, 0.6) is 0 Å². The molecule has 0 heterocycles. The third-order valence-corrected chi connectivity index (χ3v) is 5.17. The highest BCUT2D eigenvalue weighted by Crippen LogP contribution is 2.38. The number of rotatable bonds is 13. The van der Waals surface area contributed by atoms with Gasteiger partial charge in [-0.1, -0.05) is 13.8 Å². The van der Waals surface area contributed by atoms with E-state index in [-0.39, 0.29) is 35.4 Å². The molecule has 3 unspecified atom stereocenters. The van der Waals surface area contributed by atoms with Crippen molar-refractivity contribution in [1.82, 2.24) is 0 Å². The summed E-state index contributed by atoms with van der Waals surface area (Å²) in [5.41, 5.74) is -0.948. The molecule has 0 aromatic heterocycles. The van der Waals surface area contributed by atoms with Crippen LogP contribution in [-0.4, -0.2) is 47.3 Å². The van der Waals surface area contributed by atoms with Gasteiger partial charge in [0.15, 0.2) is 0 Å². The lowest BCUT2D eigenvalue weighted by Crippen LogP contribution is -2.44. The Morgan fingerprint density at radius 2 is 1.23 bits per heavy atom. The highest BCUT2D eigenvalue weighted by Gasteiger charge is 2.39. The van der Waals surface area contributed by atoms with Crippen molar-refractivity contribution in [2.45, 2.75) is 131 Å². The van der Waals surface area contributed by atoms with E-state index in [0.717, 1.165) is 12.8 Å². The van der Waals surface area contributed by atoms with Gasteiger partial charge < -0.3 is 19.3 Å². The Morgan fingerprint density at radius 1 is 0.731 bits per heavy atom. The van der Waals surface area contributed by atoms with Crippen molar-refractivity contribution < 1.29 is 19.3 Å². The second kappa shape index (κ2) is 10.4. The quantitative estimate of drug-likeness (QED) is 0.472. The summed E-state index contributed by atoms with van der Waals surface area (Å²) in [5.74, 6) is 0. The summed E-state index contributed by atoms with van der Waals surface area (Å²) in [6.45, 7) is 23.5. The Hall–Kier alpha value is -0.160. The maximum atomic E-state index is 9.88. The highest BCUT2D eigenvalue weighted by atomic mass is 16.5. The van der Waals surface area contributed by atoms with E-state index in [1.807, 2.05) is 20.8 Å². The summed E-state index contributed by atoms with van der Waals surface area (Å²) >= 11 is 0. The molecule has 158 valence electrons. The fraction of sp³-hybridized carbons (Fsp3) is 1.00. The van der Waals surface area contributed by atoms with Crippen LogP contribution in [0.1, 0.15) is 95.4 Å². The number of hydrogen-bond donors (Lipinski definition) is 1. The normalized spacial score (nSPS) is 17.4. The van der Waals surface area contributed by atoms with Gasteiger partial charge in [-0.05, 0) is 80.6 Å². The minimum atomic E-state index is -0.698. The topological polar surface area (TPSA) is 47.9 Å². The van der Waals surface area contributed by atoms with E-state index in [4.69, 9.17) is 14.2 Å². The Balaban J connectivity index is 4.40. The molecule has 4 heteroatoms. The van der Waals surface area contributed by atoms with E-state index in [0.29, 0.717) is 13.0 Å². The van der Waals surface area contributed by atoms with Crippen LogP contribution in [0.4, 0.5) is 0 Å². The average Bonchev–Trinajstić information content (AvgIpc) is 2.33. The lowest BCUT2D eigenvalue weighted by molar-refractivity contribution is -0.129. The lowest BCUT2D eigenvalue weighted by Gasteiger charge is -2.43. The molecule has 0 aromatic rings. The monoisotopic (exact) mass is 374 g/mol. The van der Waals surface area contributed by atoms with Crippen LogP contribution in [0, 0.1) is 5.41 Å². The van der Waals surface area contributed by atoms with Crippen molar-refractivity contribution in [2.75, 3.05) is 6.61 Å². The van der Waals surface area contributed by atoms with E-state index in [9.17, 15) is 5.11 Å². The Bertz CT molecular complexity index is 382. The predicted octanol–water partition coefficient (Wildman–Crippen LogP) is 5.36. The molecule has 4 nitrogen and oxygen atoms in total. The third-order valence-electron chi connectivity index (χ3n) is 5.17. The molecular formula is C22H46O4. The number of hydrogen-bond acceptors (Lipinski definition) is 4. The van der Waals surface area contributed by atoms with Gasteiger partial charge in [0.05, 0.1) is 35.6 Å². The first-order chi connectivity index (χ1) is 11.6. The molecule has 0 aliphatic carbocycles. The van der Waals surface area contributed by atoms with Gasteiger partial charge >= 0.3 is 0 Å². The number of aliphatic hydroxyl groups is 1. The zero-order valence-corrected chi connectivity index (χ0v) is 19.3. The van der Waals surface area contributed by atoms with Gasteiger partial charge in [0.2, 0.25) is 0 Å². The Labute approximate surface area is 163 Å². The molecule has 0 aliphatic rings. The lowest BCUT2D eigenvalue weighted by atomic mass is 9.73. The SMILES string of the molecule is CC(C)OC(C)CC(C)(C)C(C)(C)OCCC(C)OC(C)CC(C)(C)O. The van der Waals surface area contributed by atoms with E-state index in [2.05, 4.69) is 55.4 Å². The summed E-state index contributed by atoms with van der Waals surface area (Å²) in [4.78, 5) is 0. The summed E-state index contributed by atoms with van der Waals surface area (Å²) in [5, 5.41) is 9.88. The molecule has 0 bridgehead atoms. The molecule has 3 atom stereocenters. The molecule has 0 rings (SSSR count). The van der Waals surface area contributed by atoms with Crippen LogP contribution in [0.2, 0.25) is 0 Å². The second-order valence-electron chi connectivity index (χ2n) is 10.0. The van der Waals surface area contributed by atoms with Crippen molar-refractivity contribution >= 4 is 0 Å². The van der Waals surface area contributed by atoms with E-state index in [1.54, 1.807) is 0 Å².